The molecule has 0 saturated heterocycles. The van der Waals surface area contributed by atoms with Gasteiger partial charge in [0.25, 0.3) is 0 Å². The maximum atomic E-state index is 12.7. The predicted molar refractivity (Wildman–Crippen MR) is 82.0 cm³/mol. The molecule has 5 nitrogen and oxygen atoms in total. The molecule has 0 aromatic carbocycles. The Balaban J connectivity index is 2.04. The lowest BCUT2D eigenvalue weighted by Gasteiger charge is -2.35. The van der Waals surface area contributed by atoms with Gasteiger partial charge in [-0.1, -0.05) is 24.4 Å². The Morgan fingerprint density at radius 2 is 2.05 bits per heavy atom. The van der Waals surface area contributed by atoms with Crippen LogP contribution >= 0.6 is 11.8 Å². The lowest BCUT2D eigenvalue weighted by atomic mass is 9.72. The van der Waals surface area contributed by atoms with Crippen molar-refractivity contribution in [3.63, 3.8) is 0 Å². The zero-order valence-electron chi connectivity index (χ0n) is 12.1. The van der Waals surface area contributed by atoms with Crippen LogP contribution in [-0.4, -0.2) is 34.5 Å². The largest absolute Gasteiger partial charge is 0.409 e. The van der Waals surface area contributed by atoms with Crippen molar-refractivity contribution in [2.45, 2.75) is 62.7 Å². The number of nitrogens with two attached hydrogens (primary N) is 1. The third-order valence-electron chi connectivity index (χ3n) is 4.79. The van der Waals surface area contributed by atoms with E-state index in [-0.39, 0.29) is 17.8 Å². The molecule has 4 N–H and O–H groups in total. The van der Waals surface area contributed by atoms with E-state index < -0.39 is 5.41 Å². The number of carbonyl (C=O) groups excluding carboxylic acids is 1. The lowest BCUT2D eigenvalue weighted by Crippen LogP contribution is -2.53. The van der Waals surface area contributed by atoms with Crippen molar-refractivity contribution < 1.29 is 10.0 Å². The Bertz CT molecular complexity index is 381. The number of amides is 1. The third-order valence-corrected chi connectivity index (χ3v) is 5.89. The first-order valence-electron chi connectivity index (χ1n) is 7.44. The van der Waals surface area contributed by atoms with Gasteiger partial charge in [0.1, 0.15) is 5.41 Å². The molecule has 0 spiro atoms. The van der Waals surface area contributed by atoms with Crippen LogP contribution in [0.2, 0.25) is 0 Å². The minimum atomic E-state index is -0.787. The molecule has 0 heterocycles. The standard InChI is InChI=1S/C14H25N3O2S/c1-20-11-6-5-10(9-11)16-13(18)14(12(15)17-19)7-3-2-4-8-14/h10-11,19H,2-9H2,1H3,(H2,15,17)(H,16,18). The molecule has 0 aromatic rings. The van der Waals surface area contributed by atoms with Crippen molar-refractivity contribution in [2.24, 2.45) is 16.3 Å². The quantitative estimate of drug-likeness (QED) is 0.321. The smallest absolute Gasteiger partial charge is 0.234 e. The van der Waals surface area contributed by atoms with Crippen LogP contribution in [0.4, 0.5) is 0 Å². The number of oxime groups is 1. The molecule has 2 aliphatic carbocycles. The predicted octanol–water partition coefficient (Wildman–Crippen LogP) is 2.08. The van der Waals surface area contributed by atoms with Crippen LogP contribution < -0.4 is 11.1 Å². The highest BCUT2D eigenvalue weighted by Crippen LogP contribution is 2.38. The van der Waals surface area contributed by atoms with Crippen molar-refractivity contribution in [3.8, 4) is 0 Å². The van der Waals surface area contributed by atoms with Gasteiger partial charge in [-0.2, -0.15) is 11.8 Å². The van der Waals surface area contributed by atoms with Gasteiger partial charge in [-0.25, -0.2) is 0 Å². The molecule has 2 unspecified atom stereocenters. The summed E-state index contributed by atoms with van der Waals surface area (Å²) in [6, 6.07) is 0.241. The number of carbonyl (C=O) groups is 1. The summed E-state index contributed by atoms with van der Waals surface area (Å²) >= 11 is 1.87. The minimum Gasteiger partial charge on any atom is -0.409 e. The van der Waals surface area contributed by atoms with Crippen LogP contribution in [0.1, 0.15) is 51.4 Å². The van der Waals surface area contributed by atoms with Crippen LogP contribution in [0.25, 0.3) is 0 Å². The highest BCUT2D eigenvalue weighted by atomic mass is 32.2. The maximum absolute atomic E-state index is 12.7. The van der Waals surface area contributed by atoms with Crippen molar-refractivity contribution in [1.82, 2.24) is 5.32 Å². The van der Waals surface area contributed by atoms with E-state index in [0.29, 0.717) is 18.1 Å². The topological polar surface area (TPSA) is 87.7 Å². The second kappa shape index (κ2) is 6.70. The van der Waals surface area contributed by atoms with Gasteiger partial charge in [-0.05, 0) is 38.4 Å². The molecule has 20 heavy (non-hydrogen) atoms. The Kier molecular flexibility index (Phi) is 5.18. The molecule has 0 aromatic heterocycles. The van der Waals surface area contributed by atoms with E-state index in [1.807, 2.05) is 11.8 Å². The second-order valence-electron chi connectivity index (χ2n) is 5.97. The normalized spacial score (nSPS) is 30.1. The number of hydrogen-bond donors (Lipinski definition) is 3. The Morgan fingerprint density at radius 1 is 1.35 bits per heavy atom. The summed E-state index contributed by atoms with van der Waals surface area (Å²) < 4.78 is 0. The van der Waals surface area contributed by atoms with Crippen molar-refractivity contribution >= 4 is 23.5 Å². The third kappa shape index (κ3) is 3.05. The van der Waals surface area contributed by atoms with Crippen LogP contribution in [0.5, 0.6) is 0 Å². The van der Waals surface area contributed by atoms with Crippen LogP contribution in [0.3, 0.4) is 0 Å². The average Bonchev–Trinajstić information content (AvgIpc) is 2.94. The van der Waals surface area contributed by atoms with E-state index >= 15 is 0 Å². The molecule has 2 atom stereocenters. The average molecular weight is 299 g/mol. The fourth-order valence-electron chi connectivity index (χ4n) is 3.46. The number of rotatable bonds is 4. The highest BCUT2D eigenvalue weighted by molar-refractivity contribution is 7.99. The van der Waals surface area contributed by atoms with E-state index in [9.17, 15) is 4.79 Å². The second-order valence-corrected chi connectivity index (χ2v) is 7.11. The maximum Gasteiger partial charge on any atom is 0.234 e. The summed E-state index contributed by atoms with van der Waals surface area (Å²) in [4.78, 5) is 12.7. The summed E-state index contributed by atoms with van der Waals surface area (Å²) in [5.74, 6) is 0.0355. The van der Waals surface area contributed by atoms with Gasteiger partial charge in [-0.15, -0.1) is 0 Å². The van der Waals surface area contributed by atoms with Crippen LogP contribution in [0, 0.1) is 5.41 Å². The first-order chi connectivity index (χ1) is 9.62. The molecule has 0 radical (unpaired) electrons. The molecule has 2 aliphatic rings. The van der Waals surface area contributed by atoms with Gasteiger partial charge in [0.05, 0.1) is 0 Å². The monoisotopic (exact) mass is 299 g/mol. The zero-order valence-corrected chi connectivity index (χ0v) is 12.9. The van der Waals surface area contributed by atoms with Crippen LogP contribution in [0.15, 0.2) is 5.16 Å². The van der Waals surface area contributed by atoms with Crippen molar-refractivity contribution in [2.75, 3.05) is 6.26 Å². The van der Waals surface area contributed by atoms with E-state index in [4.69, 9.17) is 10.9 Å². The van der Waals surface area contributed by atoms with Crippen molar-refractivity contribution in [3.05, 3.63) is 0 Å². The molecule has 2 rings (SSSR count). The number of thioether (sulfide) groups is 1. The van der Waals surface area contributed by atoms with E-state index in [0.717, 1.165) is 38.5 Å². The Morgan fingerprint density at radius 3 is 2.60 bits per heavy atom. The van der Waals surface area contributed by atoms with Gasteiger partial charge in [0.15, 0.2) is 5.84 Å². The van der Waals surface area contributed by atoms with E-state index in [1.54, 1.807) is 0 Å². The van der Waals surface area contributed by atoms with Gasteiger partial charge in [0, 0.05) is 11.3 Å². The number of nitrogens with one attached hydrogen (secondary N) is 1. The summed E-state index contributed by atoms with van der Waals surface area (Å²) in [5.41, 5.74) is 5.06. The van der Waals surface area contributed by atoms with Crippen LogP contribution in [-0.2, 0) is 4.79 Å². The molecule has 0 aliphatic heterocycles. The molecule has 2 fully saturated rings. The summed E-state index contributed by atoms with van der Waals surface area (Å²) in [6.45, 7) is 0. The Labute approximate surface area is 124 Å². The molecule has 1 amide bonds. The molecular formula is C14H25N3O2S. The highest BCUT2D eigenvalue weighted by Gasteiger charge is 2.44. The van der Waals surface area contributed by atoms with Gasteiger partial charge in [0.2, 0.25) is 5.91 Å². The number of amidine groups is 1. The zero-order chi connectivity index (χ0) is 14.6. The first kappa shape index (κ1) is 15.5. The minimum absolute atomic E-state index is 0.0424. The molecule has 6 heteroatoms. The van der Waals surface area contributed by atoms with Gasteiger partial charge < -0.3 is 16.3 Å². The first-order valence-corrected chi connectivity index (χ1v) is 8.73. The SMILES string of the molecule is CSC1CCC(NC(=O)C2(C(N)=NO)CCCCC2)C1. The summed E-state index contributed by atoms with van der Waals surface area (Å²) in [6.07, 6.45) is 9.75. The molecule has 0 bridgehead atoms. The van der Waals surface area contributed by atoms with Gasteiger partial charge >= 0.3 is 0 Å². The molecule has 2 saturated carbocycles. The lowest BCUT2D eigenvalue weighted by molar-refractivity contribution is -0.129. The van der Waals surface area contributed by atoms with Gasteiger partial charge in [-0.3, -0.25) is 4.79 Å². The fourth-order valence-corrected chi connectivity index (χ4v) is 4.26. The van der Waals surface area contributed by atoms with E-state index in [2.05, 4.69) is 16.7 Å². The van der Waals surface area contributed by atoms with Crippen molar-refractivity contribution in [1.29, 1.82) is 0 Å². The summed E-state index contributed by atoms with van der Waals surface area (Å²) in [5, 5.41) is 16.0. The number of nitrogens with zero attached hydrogens (tertiary/aromatic N) is 1. The fraction of sp³-hybridized carbons (Fsp3) is 0.857. The Hall–Kier alpha value is -0.910. The van der Waals surface area contributed by atoms with E-state index in [1.165, 1.54) is 0 Å². The molecule has 114 valence electrons. The number of hydrogen-bond acceptors (Lipinski definition) is 4. The summed E-state index contributed by atoms with van der Waals surface area (Å²) in [7, 11) is 0. The molecular weight excluding hydrogens is 274 g/mol.